The van der Waals surface area contributed by atoms with Crippen LogP contribution in [0.2, 0.25) is 0 Å². The van der Waals surface area contributed by atoms with Gasteiger partial charge in [-0.25, -0.2) is 4.79 Å². The number of methoxy groups -OCH3 is 2. The van der Waals surface area contributed by atoms with Gasteiger partial charge >= 0.3 is 5.97 Å². The molecule has 0 aromatic heterocycles. The van der Waals surface area contributed by atoms with Crippen molar-refractivity contribution in [2.45, 2.75) is 20.8 Å². The van der Waals surface area contributed by atoms with Gasteiger partial charge in [-0.3, -0.25) is 0 Å². The molecule has 4 nitrogen and oxygen atoms in total. The zero-order valence-corrected chi connectivity index (χ0v) is 11.3. The lowest BCUT2D eigenvalue weighted by Crippen LogP contribution is -2.05. The van der Waals surface area contributed by atoms with E-state index >= 15 is 0 Å². The fraction of sp³-hybridized carbons (Fsp3) is 0.357. The molecule has 0 aliphatic rings. The van der Waals surface area contributed by atoms with Crippen LogP contribution >= 0.6 is 0 Å². The van der Waals surface area contributed by atoms with Gasteiger partial charge in [-0.1, -0.05) is 5.57 Å². The van der Waals surface area contributed by atoms with E-state index in [0.717, 1.165) is 5.56 Å². The Morgan fingerprint density at radius 1 is 1.11 bits per heavy atom. The maximum absolute atomic E-state index is 11.3. The van der Waals surface area contributed by atoms with Gasteiger partial charge in [0, 0.05) is 5.56 Å². The molecule has 0 atom stereocenters. The molecule has 4 heteroatoms. The zero-order chi connectivity index (χ0) is 13.9. The average Bonchev–Trinajstić information content (AvgIpc) is 2.29. The molecule has 0 aliphatic heterocycles. The third-order valence-electron chi connectivity index (χ3n) is 2.70. The molecule has 18 heavy (non-hydrogen) atoms. The highest BCUT2D eigenvalue weighted by molar-refractivity contribution is 6.17. The van der Waals surface area contributed by atoms with E-state index in [0.29, 0.717) is 22.6 Å². The molecule has 0 saturated carbocycles. The third-order valence-corrected chi connectivity index (χ3v) is 2.70. The second-order valence-electron chi connectivity index (χ2n) is 4.20. The standard InChI is InChI=1S/C14H18O4/c1-8(2)13(14(15)16)10-7-11(17-4)9(3)6-12(10)18-5/h6-7H,1-5H3,(H,15,16). The van der Waals surface area contributed by atoms with Gasteiger partial charge in [0.1, 0.15) is 11.5 Å². The van der Waals surface area contributed by atoms with Crippen molar-refractivity contribution in [1.29, 1.82) is 0 Å². The third kappa shape index (κ3) is 2.64. The summed E-state index contributed by atoms with van der Waals surface area (Å²) in [6, 6.07) is 3.48. The van der Waals surface area contributed by atoms with Gasteiger partial charge < -0.3 is 14.6 Å². The first-order valence-electron chi connectivity index (χ1n) is 5.56. The number of rotatable bonds is 4. The van der Waals surface area contributed by atoms with Crippen LogP contribution in [-0.2, 0) is 4.79 Å². The van der Waals surface area contributed by atoms with Gasteiger partial charge in [-0.15, -0.1) is 0 Å². The summed E-state index contributed by atoms with van der Waals surface area (Å²) in [6.45, 7) is 5.40. The maximum atomic E-state index is 11.3. The molecule has 0 fully saturated rings. The number of hydrogen-bond acceptors (Lipinski definition) is 3. The van der Waals surface area contributed by atoms with Gasteiger partial charge in [-0.2, -0.15) is 0 Å². The summed E-state index contributed by atoms with van der Waals surface area (Å²) in [7, 11) is 3.08. The van der Waals surface area contributed by atoms with E-state index in [1.807, 2.05) is 6.92 Å². The van der Waals surface area contributed by atoms with E-state index in [2.05, 4.69) is 0 Å². The van der Waals surface area contributed by atoms with Crippen molar-refractivity contribution in [3.05, 3.63) is 28.8 Å². The summed E-state index contributed by atoms with van der Waals surface area (Å²) >= 11 is 0. The van der Waals surface area contributed by atoms with Gasteiger partial charge in [0.25, 0.3) is 0 Å². The molecule has 0 unspecified atom stereocenters. The Labute approximate surface area is 107 Å². The monoisotopic (exact) mass is 250 g/mol. The highest BCUT2D eigenvalue weighted by atomic mass is 16.5. The first-order chi connectivity index (χ1) is 8.42. The van der Waals surface area contributed by atoms with Crippen LogP contribution in [0.4, 0.5) is 0 Å². The van der Waals surface area contributed by atoms with Crippen LogP contribution in [-0.4, -0.2) is 25.3 Å². The summed E-state index contributed by atoms with van der Waals surface area (Å²) in [5.74, 6) is 0.205. The molecular weight excluding hydrogens is 232 g/mol. The Hall–Kier alpha value is -1.97. The summed E-state index contributed by atoms with van der Waals surface area (Å²) < 4.78 is 10.5. The largest absolute Gasteiger partial charge is 0.496 e. The molecule has 0 amide bonds. The highest BCUT2D eigenvalue weighted by Crippen LogP contribution is 2.34. The molecule has 98 valence electrons. The number of hydrogen-bond donors (Lipinski definition) is 1. The Balaban J connectivity index is 3.56. The molecule has 0 aliphatic carbocycles. The van der Waals surface area contributed by atoms with Crippen molar-refractivity contribution in [2.24, 2.45) is 0 Å². The van der Waals surface area contributed by atoms with Crippen molar-refractivity contribution in [1.82, 2.24) is 0 Å². The molecule has 0 spiro atoms. The minimum Gasteiger partial charge on any atom is -0.496 e. The molecule has 1 rings (SSSR count). The van der Waals surface area contributed by atoms with Crippen LogP contribution in [0.5, 0.6) is 11.5 Å². The van der Waals surface area contributed by atoms with E-state index in [-0.39, 0.29) is 5.57 Å². The Morgan fingerprint density at radius 3 is 2.06 bits per heavy atom. The second-order valence-corrected chi connectivity index (χ2v) is 4.20. The van der Waals surface area contributed by atoms with Crippen LogP contribution in [0.3, 0.4) is 0 Å². The fourth-order valence-electron chi connectivity index (χ4n) is 1.84. The predicted octanol–water partition coefficient (Wildman–Crippen LogP) is 2.89. The number of aryl methyl sites for hydroxylation is 1. The molecule has 0 saturated heterocycles. The molecule has 0 heterocycles. The van der Waals surface area contributed by atoms with Gasteiger partial charge in [0.15, 0.2) is 0 Å². The zero-order valence-electron chi connectivity index (χ0n) is 11.3. The maximum Gasteiger partial charge on any atom is 0.336 e. The first-order valence-corrected chi connectivity index (χ1v) is 5.56. The summed E-state index contributed by atoms with van der Waals surface area (Å²) in [5.41, 5.74) is 2.39. The predicted molar refractivity (Wildman–Crippen MR) is 70.2 cm³/mol. The molecule has 1 aromatic carbocycles. The van der Waals surface area contributed by atoms with Crippen molar-refractivity contribution in [3.8, 4) is 11.5 Å². The number of allylic oxidation sites excluding steroid dienone is 1. The van der Waals surface area contributed by atoms with E-state index in [1.54, 1.807) is 33.1 Å². The first kappa shape index (κ1) is 14.1. The normalized spacial score (nSPS) is 9.83. The number of carbonyl (C=O) groups is 1. The Morgan fingerprint density at radius 2 is 1.67 bits per heavy atom. The minimum absolute atomic E-state index is 0.241. The Kier molecular flexibility index (Phi) is 4.37. The quantitative estimate of drug-likeness (QED) is 0.835. The number of aliphatic carboxylic acids is 1. The van der Waals surface area contributed by atoms with Crippen LogP contribution < -0.4 is 9.47 Å². The molecule has 0 bridgehead atoms. The molecular formula is C14H18O4. The SMILES string of the molecule is COc1cc(C(C(=O)O)=C(C)C)c(OC)cc1C. The fourth-order valence-corrected chi connectivity index (χ4v) is 1.84. The Bertz CT molecular complexity index is 497. The molecule has 1 aromatic rings. The second kappa shape index (κ2) is 5.58. The number of benzene rings is 1. The minimum atomic E-state index is -0.973. The van der Waals surface area contributed by atoms with E-state index < -0.39 is 5.97 Å². The highest BCUT2D eigenvalue weighted by Gasteiger charge is 2.19. The van der Waals surface area contributed by atoms with Crippen molar-refractivity contribution >= 4 is 11.5 Å². The van der Waals surface area contributed by atoms with E-state index in [9.17, 15) is 9.90 Å². The topological polar surface area (TPSA) is 55.8 Å². The van der Waals surface area contributed by atoms with Crippen molar-refractivity contribution < 1.29 is 19.4 Å². The summed E-state index contributed by atoms with van der Waals surface area (Å²) in [6.07, 6.45) is 0. The van der Waals surface area contributed by atoms with Crippen molar-refractivity contribution in [3.63, 3.8) is 0 Å². The van der Waals surface area contributed by atoms with E-state index in [1.165, 1.54) is 7.11 Å². The molecule has 0 radical (unpaired) electrons. The van der Waals surface area contributed by atoms with Gasteiger partial charge in [0.2, 0.25) is 0 Å². The molecule has 1 N–H and O–H groups in total. The average molecular weight is 250 g/mol. The number of carboxylic acid groups (broad SMARTS) is 1. The van der Waals surface area contributed by atoms with E-state index in [4.69, 9.17) is 9.47 Å². The van der Waals surface area contributed by atoms with Crippen LogP contribution in [0.15, 0.2) is 17.7 Å². The van der Waals surface area contributed by atoms with Crippen LogP contribution in [0.25, 0.3) is 5.57 Å². The smallest absolute Gasteiger partial charge is 0.336 e. The number of carboxylic acids is 1. The van der Waals surface area contributed by atoms with Gasteiger partial charge in [0.05, 0.1) is 19.8 Å². The summed E-state index contributed by atoms with van der Waals surface area (Å²) in [4.78, 5) is 11.3. The lowest BCUT2D eigenvalue weighted by Gasteiger charge is -2.14. The number of ether oxygens (including phenoxy) is 2. The lowest BCUT2D eigenvalue weighted by atomic mass is 9.98. The van der Waals surface area contributed by atoms with Gasteiger partial charge in [-0.05, 0) is 38.5 Å². The van der Waals surface area contributed by atoms with Crippen LogP contribution in [0, 0.1) is 6.92 Å². The lowest BCUT2D eigenvalue weighted by molar-refractivity contribution is -0.130. The van der Waals surface area contributed by atoms with Crippen LogP contribution in [0.1, 0.15) is 25.0 Å². The van der Waals surface area contributed by atoms with Crippen molar-refractivity contribution in [2.75, 3.05) is 14.2 Å². The summed E-state index contributed by atoms with van der Waals surface area (Å²) in [5, 5.41) is 9.30.